The Balaban J connectivity index is -0.000000375. The van der Waals surface area contributed by atoms with Crippen LogP contribution < -0.4 is 16.0 Å². The van der Waals surface area contributed by atoms with Crippen molar-refractivity contribution in [3.63, 3.8) is 0 Å². The Kier molecular flexibility index (Phi) is 50.9. The van der Waals surface area contributed by atoms with Crippen LogP contribution in [0.5, 0.6) is 0 Å². The molecule has 9 heteroatoms. The van der Waals surface area contributed by atoms with Gasteiger partial charge in [-0.15, -0.1) is 0 Å². The topological polar surface area (TPSA) is 91.5 Å². The van der Waals surface area contributed by atoms with Crippen molar-refractivity contribution in [2.45, 2.75) is 259 Å². The Bertz CT molecular complexity index is 652. The van der Waals surface area contributed by atoms with Crippen LogP contribution in [0.3, 0.4) is 0 Å². The summed E-state index contributed by atoms with van der Waals surface area (Å²) in [5.41, 5.74) is 0. The minimum absolute atomic E-state index is 0.264. The fourth-order valence-electron chi connectivity index (χ4n) is 5.77. The average molecular weight is 921 g/mol. The third-order valence-electron chi connectivity index (χ3n) is 9.89. The fourth-order valence-corrected chi connectivity index (χ4v) is 5.77. The summed E-state index contributed by atoms with van der Waals surface area (Å²) < 4.78 is 33.9. The summed E-state index contributed by atoms with van der Waals surface area (Å²) in [6.07, 6.45) is 9.48. The Morgan fingerprint density at radius 1 is 0.234 bits per heavy atom. The number of rotatable bonds is 36. The highest BCUT2D eigenvalue weighted by atomic mass is 16.5. The van der Waals surface area contributed by atoms with Crippen molar-refractivity contribution in [2.24, 2.45) is 41.4 Å². The van der Waals surface area contributed by atoms with E-state index in [0.717, 1.165) is 63.1 Å². The number of hydrogen-bond acceptors (Lipinski definition) is 9. The second-order valence-corrected chi connectivity index (χ2v) is 22.4. The average Bonchev–Trinajstić information content (AvgIpc) is 3.16. The van der Waals surface area contributed by atoms with Crippen LogP contribution in [0.4, 0.5) is 0 Å². The van der Waals surface area contributed by atoms with Gasteiger partial charge in [0.25, 0.3) is 0 Å². The van der Waals surface area contributed by atoms with E-state index in [9.17, 15) is 0 Å². The second-order valence-electron chi connectivity index (χ2n) is 22.4. The van der Waals surface area contributed by atoms with Gasteiger partial charge in [-0.25, -0.2) is 0 Å². The summed E-state index contributed by atoms with van der Waals surface area (Å²) in [6, 6.07) is 1.77. The fraction of sp³-hybridized carbons (Fsp3) is 1.00. The van der Waals surface area contributed by atoms with Gasteiger partial charge in [0.05, 0.1) is 76.3 Å². The van der Waals surface area contributed by atoms with E-state index in [2.05, 4.69) is 141 Å². The Morgan fingerprint density at radius 3 is 0.672 bits per heavy atom. The summed E-state index contributed by atoms with van der Waals surface area (Å²) in [5, 5.41) is 10.6. The lowest BCUT2D eigenvalue weighted by atomic mass is 9.97. The lowest BCUT2D eigenvalue weighted by Crippen LogP contribution is -2.36. The van der Waals surface area contributed by atoms with E-state index >= 15 is 0 Å². The first-order valence-electron chi connectivity index (χ1n) is 26.6. The normalized spacial score (nSPS) is 12.8. The molecular weight excluding hydrogens is 799 g/mol. The van der Waals surface area contributed by atoms with Gasteiger partial charge in [0, 0.05) is 36.5 Å². The van der Waals surface area contributed by atoms with E-state index < -0.39 is 0 Å². The van der Waals surface area contributed by atoms with Crippen LogP contribution in [0.1, 0.15) is 205 Å². The zero-order chi connectivity index (χ0) is 50.2. The van der Waals surface area contributed by atoms with Gasteiger partial charge in [-0.1, -0.05) is 102 Å². The van der Waals surface area contributed by atoms with Crippen molar-refractivity contribution in [1.82, 2.24) is 16.0 Å². The van der Waals surface area contributed by atoms with Crippen LogP contribution in [-0.2, 0) is 28.4 Å². The molecule has 0 aromatic rings. The van der Waals surface area contributed by atoms with Crippen LogP contribution in [0.15, 0.2) is 0 Å². The van der Waals surface area contributed by atoms with Crippen molar-refractivity contribution in [3.05, 3.63) is 0 Å². The molecule has 0 aliphatic rings. The highest BCUT2D eigenvalue weighted by Gasteiger charge is 2.15. The molecule has 392 valence electrons. The molecule has 0 aliphatic carbocycles. The van der Waals surface area contributed by atoms with E-state index in [0.29, 0.717) is 74.0 Å². The molecule has 3 N–H and O–H groups in total. The van der Waals surface area contributed by atoms with E-state index in [1.54, 1.807) is 0 Å². The van der Waals surface area contributed by atoms with Crippen LogP contribution in [-0.4, -0.2) is 114 Å². The molecule has 0 heterocycles. The molecule has 64 heavy (non-hydrogen) atoms. The van der Waals surface area contributed by atoms with Crippen molar-refractivity contribution < 1.29 is 28.4 Å². The molecule has 0 aromatic carbocycles. The van der Waals surface area contributed by atoms with Gasteiger partial charge in [-0.05, 0) is 145 Å². The molecule has 0 amide bonds. The van der Waals surface area contributed by atoms with Gasteiger partial charge in [-0.2, -0.15) is 0 Å². The van der Waals surface area contributed by atoms with Gasteiger partial charge >= 0.3 is 0 Å². The van der Waals surface area contributed by atoms with Gasteiger partial charge in [0.1, 0.15) is 0 Å². The van der Waals surface area contributed by atoms with Crippen LogP contribution in [0, 0.1) is 41.4 Å². The first-order valence-corrected chi connectivity index (χ1v) is 26.6. The molecule has 0 aliphatic heterocycles. The maximum Gasteiger partial charge on any atom is 0.0541 e. The molecule has 0 fully saturated rings. The Labute approximate surface area is 403 Å². The van der Waals surface area contributed by atoms with Gasteiger partial charge in [0.2, 0.25) is 0 Å². The van der Waals surface area contributed by atoms with Crippen molar-refractivity contribution >= 4 is 0 Å². The highest BCUT2D eigenvalue weighted by molar-refractivity contribution is 4.70. The predicted octanol–water partition coefficient (Wildman–Crippen LogP) is 13.3. The molecule has 0 rings (SSSR count). The predicted molar refractivity (Wildman–Crippen MR) is 282 cm³/mol. The Hall–Kier alpha value is -0.360. The number of nitrogens with one attached hydrogen (secondary N) is 3. The maximum atomic E-state index is 5.73. The summed E-state index contributed by atoms with van der Waals surface area (Å²) in [5.74, 6) is 4.68. The van der Waals surface area contributed by atoms with Crippen LogP contribution in [0.2, 0.25) is 0 Å². The van der Waals surface area contributed by atoms with Crippen molar-refractivity contribution in [2.75, 3.05) is 59.3 Å². The summed E-state index contributed by atoms with van der Waals surface area (Å²) in [6.45, 7) is 59.9. The first kappa shape index (κ1) is 70.2. The zero-order valence-electron chi connectivity index (χ0n) is 47.8. The van der Waals surface area contributed by atoms with Gasteiger partial charge in [0.15, 0.2) is 0 Å². The summed E-state index contributed by atoms with van der Waals surface area (Å²) in [7, 11) is 0. The van der Waals surface area contributed by atoms with Gasteiger partial charge in [-0.3, -0.25) is 0 Å². The SMILES string of the molecule is CC(C)CCC(CNC(C)C)CNC(C)C.CC(C)CCC(CNC(C)C)COC(C)C.CC(C)CCC(COC(C)C)COC(C)C.CC(C)OCC(COC(C)C)COC(C)C. The molecule has 0 spiro atoms. The summed E-state index contributed by atoms with van der Waals surface area (Å²) in [4.78, 5) is 0. The standard InChI is InChI=1S/C14H32N2.C14H31NO.C14H30O2.C13H28O3/c3*1-11(2)7-8-14(9-15-12(3)4)10-16-13(5)6;1-10(2)14-7-13(8-15-11(3)4)9-16-12(5)6/h11-16H,7-10H2,1-6H3;11-15H,7-10H2,1-6H3;11-14H,7-10H2,1-6H3;10-13H,7-9H2,1-6H3. The molecule has 0 saturated carbocycles. The monoisotopic (exact) mass is 920 g/mol. The highest BCUT2D eigenvalue weighted by Crippen LogP contribution is 2.16. The maximum absolute atomic E-state index is 5.73. The molecule has 0 aromatic heterocycles. The zero-order valence-corrected chi connectivity index (χ0v) is 47.8. The molecule has 1 atom stereocenters. The summed E-state index contributed by atoms with van der Waals surface area (Å²) >= 11 is 0. The molecule has 0 bridgehead atoms. The van der Waals surface area contributed by atoms with Crippen LogP contribution >= 0.6 is 0 Å². The molecular formula is C55H121N3O6. The van der Waals surface area contributed by atoms with Crippen molar-refractivity contribution in [1.29, 1.82) is 0 Å². The molecule has 0 saturated heterocycles. The molecule has 9 nitrogen and oxygen atoms in total. The van der Waals surface area contributed by atoms with E-state index in [4.69, 9.17) is 28.4 Å². The van der Waals surface area contributed by atoms with Gasteiger partial charge < -0.3 is 44.4 Å². The lowest BCUT2D eigenvalue weighted by Gasteiger charge is -2.22. The quantitative estimate of drug-likeness (QED) is 0.0568. The lowest BCUT2D eigenvalue weighted by molar-refractivity contribution is -0.0449. The number of ether oxygens (including phenoxy) is 6. The van der Waals surface area contributed by atoms with E-state index in [1.165, 1.54) is 38.5 Å². The van der Waals surface area contributed by atoms with Crippen molar-refractivity contribution in [3.8, 4) is 0 Å². The Morgan fingerprint density at radius 2 is 0.438 bits per heavy atom. The smallest absolute Gasteiger partial charge is 0.0541 e. The minimum atomic E-state index is 0.264. The molecule has 0 radical (unpaired) electrons. The number of hydrogen-bond donors (Lipinski definition) is 3. The van der Waals surface area contributed by atoms with Crippen LogP contribution in [0.25, 0.3) is 0 Å². The largest absolute Gasteiger partial charge is 0.378 e. The third-order valence-corrected chi connectivity index (χ3v) is 9.89. The minimum Gasteiger partial charge on any atom is -0.378 e. The second kappa shape index (κ2) is 46.4. The third kappa shape index (κ3) is 63.7. The first-order chi connectivity index (χ1) is 29.7. The van der Waals surface area contributed by atoms with E-state index in [-0.39, 0.29) is 18.3 Å². The molecule has 1 unspecified atom stereocenters. The van der Waals surface area contributed by atoms with E-state index in [1.807, 2.05) is 41.5 Å².